The smallest absolute Gasteiger partial charge is 0.335 e. The van der Waals surface area contributed by atoms with Gasteiger partial charge in [-0.3, -0.25) is 4.90 Å². The summed E-state index contributed by atoms with van der Waals surface area (Å²) in [6.07, 6.45) is 2.02. The molecule has 1 atom stereocenters. The lowest BCUT2D eigenvalue weighted by Crippen LogP contribution is -2.34. The summed E-state index contributed by atoms with van der Waals surface area (Å²) in [6, 6.07) is 16.1. The quantitative estimate of drug-likeness (QED) is 0.247. The third-order valence-electron chi connectivity index (χ3n) is 8.18. The predicted octanol–water partition coefficient (Wildman–Crippen LogP) is 6.38. The molecule has 10 heteroatoms. The summed E-state index contributed by atoms with van der Waals surface area (Å²) in [7, 11) is 1.92. The minimum absolute atomic E-state index is 0.125. The van der Waals surface area contributed by atoms with Crippen LogP contribution in [-0.2, 0) is 31.4 Å². The Balaban J connectivity index is 0.000000729. The molecule has 218 valence electrons. The molecule has 0 amide bonds. The van der Waals surface area contributed by atoms with E-state index in [1.807, 2.05) is 23.7 Å². The molecule has 1 fully saturated rings. The second-order valence-corrected chi connectivity index (χ2v) is 11.2. The number of carboxylic acid groups (broad SMARTS) is 1. The molecular formula is C32H33ClFN5O3. The molecule has 5 aromatic rings. The highest BCUT2D eigenvalue weighted by Gasteiger charge is 2.26. The number of fused-ring (bicyclic) bond motifs is 4. The number of rotatable bonds is 6. The number of aromatic nitrogens is 4. The number of imidazole rings is 2. The van der Waals surface area contributed by atoms with Gasteiger partial charge in [0.05, 0.1) is 40.7 Å². The van der Waals surface area contributed by atoms with Gasteiger partial charge in [0.2, 0.25) is 0 Å². The van der Waals surface area contributed by atoms with Crippen LogP contribution in [0.15, 0.2) is 54.6 Å². The number of aromatic carboxylic acids is 1. The van der Waals surface area contributed by atoms with E-state index in [0.29, 0.717) is 23.7 Å². The molecule has 4 heterocycles. The average Bonchev–Trinajstić information content (AvgIpc) is 3.46. The lowest BCUT2D eigenvalue weighted by atomic mass is 9.88. The number of para-hydroxylation sites is 1. The van der Waals surface area contributed by atoms with E-state index in [2.05, 4.69) is 22.5 Å². The fourth-order valence-electron chi connectivity index (χ4n) is 5.77. The van der Waals surface area contributed by atoms with Gasteiger partial charge in [-0.1, -0.05) is 36.7 Å². The molecule has 3 aromatic carbocycles. The lowest BCUT2D eigenvalue weighted by molar-refractivity contribution is 0.0367. The van der Waals surface area contributed by atoms with E-state index in [-0.39, 0.29) is 17.3 Å². The Hall–Kier alpha value is -3.79. The van der Waals surface area contributed by atoms with Crippen LogP contribution < -0.4 is 0 Å². The zero-order valence-corrected chi connectivity index (χ0v) is 24.4. The van der Waals surface area contributed by atoms with Gasteiger partial charge < -0.3 is 19.0 Å². The molecule has 8 nitrogen and oxygen atoms in total. The number of carbonyl (C=O) groups is 1. The third kappa shape index (κ3) is 5.40. The van der Waals surface area contributed by atoms with Crippen LogP contribution in [0, 0.1) is 5.82 Å². The first kappa shape index (κ1) is 28.3. The maximum absolute atomic E-state index is 14.9. The minimum Gasteiger partial charge on any atom is -0.478 e. The fraction of sp³-hybridized carbons (Fsp3) is 0.344. The second kappa shape index (κ2) is 11.8. The highest BCUT2D eigenvalue weighted by atomic mass is 35.5. The average molecular weight is 590 g/mol. The van der Waals surface area contributed by atoms with E-state index in [9.17, 15) is 14.3 Å². The Kier molecular flexibility index (Phi) is 7.98. The monoisotopic (exact) mass is 589 g/mol. The Morgan fingerprint density at radius 3 is 2.55 bits per heavy atom. The summed E-state index contributed by atoms with van der Waals surface area (Å²) >= 11 is 6.01. The van der Waals surface area contributed by atoms with Crippen LogP contribution in [0.25, 0.3) is 22.1 Å². The fourth-order valence-corrected chi connectivity index (χ4v) is 5.93. The molecule has 42 heavy (non-hydrogen) atoms. The van der Waals surface area contributed by atoms with Gasteiger partial charge in [-0.2, -0.15) is 0 Å². The Labute approximate surface area is 248 Å². The molecule has 2 aliphatic heterocycles. The maximum atomic E-state index is 14.9. The Morgan fingerprint density at radius 1 is 1.07 bits per heavy atom. The maximum Gasteiger partial charge on any atom is 0.335 e. The van der Waals surface area contributed by atoms with Crippen molar-refractivity contribution < 1.29 is 19.0 Å². The van der Waals surface area contributed by atoms with Crippen LogP contribution in [0.1, 0.15) is 58.8 Å². The first-order chi connectivity index (χ1) is 20.3. The van der Waals surface area contributed by atoms with Gasteiger partial charge in [-0.25, -0.2) is 19.2 Å². The number of halogens is 2. The molecule has 0 spiro atoms. The third-order valence-corrected chi connectivity index (χ3v) is 8.41. The van der Waals surface area contributed by atoms with Gasteiger partial charge in [0, 0.05) is 44.3 Å². The van der Waals surface area contributed by atoms with Crippen LogP contribution in [0.5, 0.6) is 0 Å². The summed E-state index contributed by atoms with van der Waals surface area (Å²) in [4.78, 5) is 23.5. The number of nitrogens with zero attached hydrogens (tertiary/aromatic N) is 5. The molecular weight excluding hydrogens is 557 g/mol. The predicted molar refractivity (Wildman–Crippen MR) is 161 cm³/mol. The highest BCUT2D eigenvalue weighted by molar-refractivity contribution is 6.30. The number of carboxylic acids is 1. The van der Waals surface area contributed by atoms with E-state index < -0.39 is 5.97 Å². The molecule has 2 aliphatic rings. The first-order valence-corrected chi connectivity index (χ1v) is 14.6. The summed E-state index contributed by atoms with van der Waals surface area (Å²) in [5.74, 6) is 0.469. The van der Waals surface area contributed by atoms with Crippen LogP contribution in [-0.4, -0.2) is 54.8 Å². The summed E-state index contributed by atoms with van der Waals surface area (Å²) < 4.78 is 23.8. The zero-order valence-electron chi connectivity index (χ0n) is 23.7. The standard InChI is InChI=1S/C29H27ClFN5O2.C3H6O/c1-3-19(20-9-8-18(30)14-22(20)31)21-5-4-6-24-28(21)33-27-16-35(11-12-36(24)27)15-26-32-23-10-7-17(29(37)38)13-25(23)34(26)2;1-2-4-3-1/h4-10,13-14,19H,3,11-12,15-16H2,1-2H3,(H,37,38);1-3H2. The van der Waals surface area contributed by atoms with E-state index in [1.165, 1.54) is 12.5 Å². The topological polar surface area (TPSA) is 85.4 Å². The number of hydrogen-bond donors (Lipinski definition) is 1. The molecule has 7 rings (SSSR count). The van der Waals surface area contributed by atoms with Gasteiger partial charge in [0.15, 0.2) is 0 Å². The number of benzene rings is 3. The number of hydrogen-bond acceptors (Lipinski definition) is 5. The van der Waals surface area contributed by atoms with Crippen LogP contribution in [0.3, 0.4) is 0 Å². The highest BCUT2D eigenvalue weighted by Crippen LogP contribution is 2.36. The minimum atomic E-state index is -0.951. The van der Waals surface area contributed by atoms with Crippen molar-refractivity contribution >= 4 is 39.6 Å². The Morgan fingerprint density at radius 2 is 1.86 bits per heavy atom. The zero-order chi connectivity index (χ0) is 29.4. The van der Waals surface area contributed by atoms with Crippen molar-refractivity contribution in [2.75, 3.05) is 19.8 Å². The normalized spacial score (nSPS) is 15.6. The van der Waals surface area contributed by atoms with E-state index in [1.54, 1.807) is 30.3 Å². The molecule has 1 N–H and O–H groups in total. The van der Waals surface area contributed by atoms with E-state index >= 15 is 0 Å². The van der Waals surface area contributed by atoms with E-state index in [0.717, 1.165) is 72.0 Å². The molecule has 2 aromatic heterocycles. The van der Waals surface area contributed by atoms with Crippen molar-refractivity contribution in [1.82, 2.24) is 24.0 Å². The van der Waals surface area contributed by atoms with Gasteiger partial charge in [-0.15, -0.1) is 0 Å². The first-order valence-electron chi connectivity index (χ1n) is 14.3. The van der Waals surface area contributed by atoms with Gasteiger partial charge >= 0.3 is 5.97 Å². The largest absolute Gasteiger partial charge is 0.478 e. The Bertz CT molecular complexity index is 1770. The van der Waals surface area contributed by atoms with Crippen LogP contribution in [0.2, 0.25) is 5.02 Å². The second-order valence-electron chi connectivity index (χ2n) is 10.8. The number of aryl methyl sites for hydroxylation is 1. The van der Waals surface area contributed by atoms with Crippen LogP contribution in [0.4, 0.5) is 4.39 Å². The molecule has 1 saturated heterocycles. The molecule has 0 bridgehead atoms. The molecule has 0 radical (unpaired) electrons. The lowest BCUT2D eigenvalue weighted by Gasteiger charge is -2.27. The van der Waals surface area contributed by atoms with Crippen molar-refractivity contribution in [3.8, 4) is 0 Å². The van der Waals surface area contributed by atoms with Crippen molar-refractivity contribution in [2.24, 2.45) is 7.05 Å². The number of ether oxygens (including phenoxy) is 1. The van der Waals surface area contributed by atoms with Crippen molar-refractivity contribution in [3.05, 3.63) is 93.8 Å². The summed E-state index contributed by atoms with van der Waals surface area (Å²) in [6.45, 7) is 6.95. The SMILES string of the molecule is C1COC1.CCC(c1ccc(Cl)cc1F)c1cccc2c1nc1n2CCN(Cc2nc3ccc(C(=O)O)cc3n2C)C1. The summed E-state index contributed by atoms with van der Waals surface area (Å²) in [5, 5.41) is 9.73. The van der Waals surface area contributed by atoms with Gasteiger partial charge in [0.1, 0.15) is 17.5 Å². The van der Waals surface area contributed by atoms with Gasteiger partial charge in [-0.05, 0) is 60.4 Å². The van der Waals surface area contributed by atoms with Crippen LogP contribution >= 0.6 is 11.6 Å². The molecule has 0 saturated carbocycles. The van der Waals surface area contributed by atoms with Gasteiger partial charge in [0.25, 0.3) is 0 Å². The van der Waals surface area contributed by atoms with E-state index in [4.69, 9.17) is 26.3 Å². The molecule has 0 aliphatic carbocycles. The van der Waals surface area contributed by atoms with Crippen molar-refractivity contribution in [3.63, 3.8) is 0 Å². The summed E-state index contributed by atoms with van der Waals surface area (Å²) in [5.41, 5.74) is 5.45. The molecule has 1 unspecified atom stereocenters. The van der Waals surface area contributed by atoms with Crippen molar-refractivity contribution in [1.29, 1.82) is 0 Å². The van der Waals surface area contributed by atoms with Crippen molar-refractivity contribution in [2.45, 2.75) is 45.3 Å².